The van der Waals surface area contributed by atoms with Crippen molar-refractivity contribution in [1.82, 2.24) is 15.1 Å². The van der Waals surface area contributed by atoms with Gasteiger partial charge in [-0.3, -0.25) is 9.59 Å². The molecular weight excluding hydrogens is 294 g/mol. The molecule has 1 atom stereocenters. The predicted octanol–water partition coefficient (Wildman–Crippen LogP) is 1.33. The van der Waals surface area contributed by atoms with E-state index >= 15 is 0 Å². The van der Waals surface area contributed by atoms with E-state index in [9.17, 15) is 9.59 Å². The summed E-state index contributed by atoms with van der Waals surface area (Å²) < 4.78 is 5.27. The third kappa shape index (κ3) is 5.10. The third-order valence-corrected chi connectivity index (χ3v) is 4.00. The highest BCUT2D eigenvalue weighted by Crippen LogP contribution is 2.21. The minimum atomic E-state index is -0.271. The van der Waals surface area contributed by atoms with Crippen LogP contribution in [0.1, 0.15) is 26.0 Å². The molecule has 6 nitrogen and oxygen atoms in total. The van der Waals surface area contributed by atoms with Crippen LogP contribution < -0.4 is 5.32 Å². The molecule has 0 bridgehead atoms. The average Bonchev–Trinajstić information content (AvgIpc) is 3.06. The first kappa shape index (κ1) is 17.5. The van der Waals surface area contributed by atoms with Crippen molar-refractivity contribution in [3.8, 4) is 0 Å². The van der Waals surface area contributed by atoms with Gasteiger partial charge in [0.1, 0.15) is 5.76 Å². The Labute approximate surface area is 137 Å². The number of furan rings is 1. The van der Waals surface area contributed by atoms with Gasteiger partial charge in [0.05, 0.1) is 18.7 Å². The van der Waals surface area contributed by atoms with Crippen LogP contribution in [0.4, 0.5) is 0 Å². The largest absolute Gasteiger partial charge is 0.467 e. The minimum Gasteiger partial charge on any atom is -0.467 e. The number of nitrogens with one attached hydrogen (secondary N) is 1. The Morgan fingerprint density at radius 3 is 2.83 bits per heavy atom. The SMILES string of the molecule is CN(C)CC(C)(C)CNC(=O)[C@@H]1CC(=O)N(Cc2ccco2)C1. The van der Waals surface area contributed by atoms with Gasteiger partial charge in [0.2, 0.25) is 11.8 Å². The molecule has 1 saturated heterocycles. The van der Waals surface area contributed by atoms with E-state index in [0.29, 0.717) is 19.6 Å². The van der Waals surface area contributed by atoms with E-state index in [1.165, 1.54) is 0 Å². The number of carbonyl (C=O) groups is 2. The number of nitrogens with zero attached hydrogens (tertiary/aromatic N) is 2. The van der Waals surface area contributed by atoms with Gasteiger partial charge in [0.15, 0.2) is 0 Å². The van der Waals surface area contributed by atoms with Crippen molar-refractivity contribution in [2.24, 2.45) is 11.3 Å². The molecule has 1 aromatic heterocycles. The fourth-order valence-corrected chi connectivity index (χ4v) is 3.07. The Kier molecular flexibility index (Phi) is 5.46. The number of hydrogen-bond donors (Lipinski definition) is 1. The van der Waals surface area contributed by atoms with Crippen molar-refractivity contribution in [3.05, 3.63) is 24.2 Å². The fourth-order valence-electron chi connectivity index (χ4n) is 3.07. The molecule has 1 N–H and O–H groups in total. The van der Waals surface area contributed by atoms with Crippen LogP contribution in [0.3, 0.4) is 0 Å². The van der Waals surface area contributed by atoms with Gasteiger partial charge >= 0.3 is 0 Å². The van der Waals surface area contributed by atoms with Crippen LogP contribution in [0, 0.1) is 11.3 Å². The standard InChI is InChI=1S/C17H27N3O3/c1-17(2,12-19(3)4)11-18-16(22)13-8-15(21)20(9-13)10-14-6-5-7-23-14/h5-7,13H,8-12H2,1-4H3,(H,18,22)/t13-/m1/s1. The summed E-state index contributed by atoms with van der Waals surface area (Å²) in [6, 6.07) is 3.64. The van der Waals surface area contributed by atoms with Crippen molar-refractivity contribution in [2.45, 2.75) is 26.8 Å². The molecule has 2 amide bonds. The zero-order valence-electron chi connectivity index (χ0n) is 14.5. The highest BCUT2D eigenvalue weighted by atomic mass is 16.3. The van der Waals surface area contributed by atoms with Gasteiger partial charge in [-0.05, 0) is 31.6 Å². The molecule has 23 heavy (non-hydrogen) atoms. The van der Waals surface area contributed by atoms with E-state index in [4.69, 9.17) is 4.42 Å². The van der Waals surface area contributed by atoms with Gasteiger partial charge < -0.3 is 19.5 Å². The van der Waals surface area contributed by atoms with Crippen LogP contribution in [-0.2, 0) is 16.1 Å². The quantitative estimate of drug-likeness (QED) is 0.823. The van der Waals surface area contributed by atoms with Crippen molar-refractivity contribution in [2.75, 3.05) is 33.7 Å². The first-order valence-electron chi connectivity index (χ1n) is 7.99. The molecule has 0 aromatic carbocycles. The van der Waals surface area contributed by atoms with Crippen LogP contribution in [0.5, 0.6) is 0 Å². The van der Waals surface area contributed by atoms with Crippen molar-refractivity contribution in [1.29, 1.82) is 0 Å². The highest BCUT2D eigenvalue weighted by Gasteiger charge is 2.35. The maximum Gasteiger partial charge on any atom is 0.225 e. The molecule has 6 heteroatoms. The number of hydrogen-bond acceptors (Lipinski definition) is 4. The Hall–Kier alpha value is -1.82. The van der Waals surface area contributed by atoms with Crippen molar-refractivity contribution in [3.63, 3.8) is 0 Å². The van der Waals surface area contributed by atoms with Gasteiger partial charge in [-0.1, -0.05) is 13.8 Å². The molecule has 2 rings (SSSR count). The Morgan fingerprint density at radius 2 is 2.22 bits per heavy atom. The maximum atomic E-state index is 12.3. The molecule has 1 fully saturated rings. The second-order valence-electron chi connectivity index (χ2n) is 7.37. The van der Waals surface area contributed by atoms with Gasteiger partial charge in [-0.2, -0.15) is 0 Å². The smallest absolute Gasteiger partial charge is 0.225 e. The van der Waals surface area contributed by atoms with E-state index in [2.05, 4.69) is 24.1 Å². The van der Waals surface area contributed by atoms with Gasteiger partial charge in [0, 0.05) is 26.1 Å². The Balaban J connectivity index is 1.83. The lowest BCUT2D eigenvalue weighted by atomic mass is 9.92. The predicted molar refractivity (Wildman–Crippen MR) is 87.6 cm³/mol. The molecule has 2 heterocycles. The summed E-state index contributed by atoms with van der Waals surface area (Å²) in [6.45, 7) is 6.63. The molecule has 1 aromatic rings. The highest BCUT2D eigenvalue weighted by molar-refractivity contribution is 5.89. The van der Waals surface area contributed by atoms with E-state index in [1.807, 2.05) is 20.2 Å². The summed E-state index contributed by atoms with van der Waals surface area (Å²) in [5.74, 6) is 0.445. The molecule has 1 aliphatic heterocycles. The average molecular weight is 321 g/mol. The monoisotopic (exact) mass is 321 g/mol. The lowest BCUT2D eigenvalue weighted by molar-refractivity contribution is -0.129. The first-order valence-corrected chi connectivity index (χ1v) is 7.99. The number of amides is 2. The zero-order valence-corrected chi connectivity index (χ0v) is 14.5. The zero-order chi connectivity index (χ0) is 17.0. The number of carbonyl (C=O) groups excluding carboxylic acids is 2. The second kappa shape index (κ2) is 7.17. The molecule has 0 aliphatic carbocycles. The first-order chi connectivity index (χ1) is 10.8. The minimum absolute atomic E-state index is 0.00434. The Morgan fingerprint density at radius 1 is 1.48 bits per heavy atom. The summed E-state index contributed by atoms with van der Waals surface area (Å²) in [6.07, 6.45) is 1.87. The van der Waals surface area contributed by atoms with Gasteiger partial charge in [0.25, 0.3) is 0 Å². The summed E-state index contributed by atoms with van der Waals surface area (Å²) in [5.41, 5.74) is -0.00434. The molecule has 128 valence electrons. The van der Waals surface area contributed by atoms with Crippen molar-refractivity contribution < 1.29 is 14.0 Å². The van der Waals surface area contributed by atoms with Crippen LogP contribution >= 0.6 is 0 Å². The van der Waals surface area contributed by atoms with E-state index < -0.39 is 0 Å². The molecule has 0 spiro atoms. The molecule has 1 aliphatic rings. The summed E-state index contributed by atoms with van der Waals surface area (Å²) >= 11 is 0. The topological polar surface area (TPSA) is 65.8 Å². The molecular formula is C17H27N3O3. The molecule has 0 radical (unpaired) electrons. The van der Waals surface area contributed by atoms with E-state index in [1.54, 1.807) is 17.2 Å². The summed E-state index contributed by atoms with van der Waals surface area (Å²) in [4.78, 5) is 28.2. The number of rotatable bonds is 7. The van der Waals surface area contributed by atoms with Crippen LogP contribution in [0.15, 0.2) is 22.8 Å². The normalized spacial score (nSPS) is 18.7. The van der Waals surface area contributed by atoms with Crippen molar-refractivity contribution >= 4 is 11.8 Å². The van der Waals surface area contributed by atoms with Crippen LogP contribution in [0.25, 0.3) is 0 Å². The van der Waals surface area contributed by atoms with E-state index in [-0.39, 0.29) is 29.6 Å². The fraction of sp³-hybridized carbons (Fsp3) is 0.647. The van der Waals surface area contributed by atoms with Crippen LogP contribution in [-0.4, -0.2) is 55.3 Å². The van der Waals surface area contributed by atoms with Gasteiger partial charge in [-0.25, -0.2) is 0 Å². The second-order valence-corrected chi connectivity index (χ2v) is 7.37. The lowest BCUT2D eigenvalue weighted by Gasteiger charge is -2.29. The molecule has 0 saturated carbocycles. The lowest BCUT2D eigenvalue weighted by Crippen LogP contribution is -2.42. The number of likely N-dealkylation sites (tertiary alicyclic amines) is 1. The summed E-state index contributed by atoms with van der Waals surface area (Å²) in [5, 5.41) is 3.00. The van der Waals surface area contributed by atoms with E-state index in [0.717, 1.165) is 12.3 Å². The van der Waals surface area contributed by atoms with Gasteiger partial charge in [-0.15, -0.1) is 0 Å². The van der Waals surface area contributed by atoms with Crippen LogP contribution in [0.2, 0.25) is 0 Å². The maximum absolute atomic E-state index is 12.3. The molecule has 0 unspecified atom stereocenters. The summed E-state index contributed by atoms with van der Waals surface area (Å²) in [7, 11) is 4.04. The third-order valence-electron chi connectivity index (χ3n) is 4.00. The Bertz CT molecular complexity index is 537.